The lowest BCUT2D eigenvalue weighted by atomic mass is 9.82. The molecule has 1 aliphatic carbocycles. The highest BCUT2D eigenvalue weighted by Crippen LogP contribution is 2.40. The van der Waals surface area contributed by atoms with Crippen molar-refractivity contribution in [3.63, 3.8) is 0 Å². The number of benzene rings is 1. The van der Waals surface area contributed by atoms with Gasteiger partial charge in [0, 0.05) is 17.4 Å². The van der Waals surface area contributed by atoms with Gasteiger partial charge in [0.15, 0.2) is 0 Å². The van der Waals surface area contributed by atoms with Crippen LogP contribution in [0.1, 0.15) is 30.9 Å². The Bertz CT molecular complexity index is 471. The molecule has 0 bridgehead atoms. The summed E-state index contributed by atoms with van der Waals surface area (Å²) in [5.41, 5.74) is 0.756. The van der Waals surface area contributed by atoms with E-state index in [9.17, 15) is 5.11 Å². The lowest BCUT2D eigenvalue weighted by Gasteiger charge is -2.22. The molecular weight excluding hydrogens is 178 g/mol. The predicted octanol–water partition coefficient (Wildman–Crippen LogP) is 2.80. The van der Waals surface area contributed by atoms with Crippen LogP contribution in [-0.4, -0.2) is 10.3 Å². The first kappa shape index (κ1) is 7.85. The maximum Gasteiger partial charge on any atom is 0.147 e. The molecule has 72 valence electrons. The van der Waals surface area contributed by atoms with Crippen LogP contribution >= 0.6 is 0 Å². The van der Waals surface area contributed by atoms with Crippen LogP contribution in [0.3, 0.4) is 0 Å². The van der Waals surface area contributed by atoms with E-state index in [0.29, 0.717) is 5.92 Å². The van der Waals surface area contributed by atoms with Gasteiger partial charge in [-0.3, -0.25) is 0 Å². The third-order valence-corrected chi connectivity index (χ3v) is 2.97. The fraction of sp³-hybridized carbons (Fsp3) is 0.364. The molecule has 14 heavy (non-hydrogen) atoms. The van der Waals surface area contributed by atoms with E-state index in [1.165, 1.54) is 19.3 Å². The summed E-state index contributed by atoms with van der Waals surface area (Å²) in [4.78, 5) is 0. The minimum atomic E-state index is 0.242. The van der Waals surface area contributed by atoms with E-state index in [4.69, 9.17) is 4.52 Å². The average molecular weight is 189 g/mol. The lowest BCUT2D eigenvalue weighted by molar-refractivity contribution is 0.305. The van der Waals surface area contributed by atoms with Crippen LogP contribution in [0.15, 0.2) is 22.7 Å². The first-order chi connectivity index (χ1) is 6.84. The van der Waals surface area contributed by atoms with Gasteiger partial charge < -0.3 is 9.63 Å². The van der Waals surface area contributed by atoms with Gasteiger partial charge in [0.05, 0.1) is 0 Å². The SMILES string of the molecule is Oc1ccc2c(C3CCC3)onc2c1. The van der Waals surface area contributed by atoms with Crippen molar-refractivity contribution in [1.29, 1.82) is 0 Å². The minimum Gasteiger partial charge on any atom is -0.508 e. The third-order valence-electron chi connectivity index (χ3n) is 2.97. The van der Waals surface area contributed by atoms with Crippen molar-refractivity contribution < 1.29 is 9.63 Å². The van der Waals surface area contributed by atoms with Crippen LogP contribution in [0.4, 0.5) is 0 Å². The molecule has 1 aromatic carbocycles. The summed E-state index contributed by atoms with van der Waals surface area (Å²) >= 11 is 0. The van der Waals surface area contributed by atoms with Crippen LogP contribution in [0.5, 0.6) is 5.75 Å². The van der Waals surface area contributed by atoms with Crippen LogP contribution in [0.2, 0.25) is 0 Å². The zero-order valence-electron chi connectivity index (χ0n) is 7.73. The van der Waals surface area contributed by atoms with Crippen molar-refractivity contribution in [3.8, 4) is 5.75 Å². The van der Waals surface area contributed by atoms with Crippen LogP contribution < -0.4 is 0 Å². The average Bonchev–Trinajstić information content (AvgIpc) is 2.45. The van der Waals surface area contributed by atoms with Gasteiger partial charge in [0.25, 0.3) is 0 Å². The molecule has 0 unspecified atom stereocenters. The summed E-state index contributed by atoms with van der Waals surface area (Å²) in [5.74, 6) is 1.78. The van der Waals surface area contributed by atoms with Gasteiger partial charge in [-0.2, -0.15) is 0 Å². The molecule has 2 aromatic rings. The number of hydrogen-bond donors (Lipinski definition) is 1. The van der Waals surface area contributed by atoms with Gasteiger partial charge in [0.2, 0.25) is 0 Å². The largest absolute Gasteiger partial charge is 0.508 e. The van der Waals surface area contributed by atoms with Crippen molar-refractivity contribution in [3.05, 3.63) is 24.0 Å². The zero-order valence-corrected chi connectivity index (χ0v) is 7.73. The monoisotopic (exact) mass is 189 g/mol. The predicted molar refractivity (Wildman–Crippen MR) is 52.3 cm³/mol. The maximum absolute atomic E-state index is 9.27. The Labute approximate surface area is 81.3 Å². The summed E-state index contributed by atoms with van der Waals surface area (Å²) in [6.07, 6.45) is 3.68. The molecule has 0 spiro atoms. The van der Waals surface area contributed by atoms with Crippen LogP contribution in [-0.2, 0) is 0 Å². The molecule has 0 atom stereocenters. The molecule has 1 fully saturated rings. The first-order valence-electron chi connectivity index (χ1n) is 4.93. The quantitative estimate of drug-likeness (QED) is 0.750. The Hall–Kier alpha value is -1.51. The molecule has 1 aliphatic rings. The van der Waals surface area contributed by atoms with E-state index in [1.807, 2.05) is 6.07 Å². The number of fused-ring (bicyclic) bond motifs is 1. The van der Waals surface area contributed by atoms with Crippen molar-refractivity contribution in [2.75, 3.05) is 0 Å². The van der Waals surface area contributed by atoms with E-state index in [1.54, 1.807) is 12.1 Å². The number of nitrogens with zero attached hydrogens (tertiary/aromatic N) is 1. The minimum absolute atomic E-state index is 0.242. The van der Waals surface area contributed by atoms with Crippen molar-refractivity contribution >= 4 is 10.9 Å². The van der Waals surface area contributed by atoms with Gasteiger partial charge in [-0.25, -0.2) is 0 Å². The zero-order chi connectivity index (χ0) is 9.54. The first-order valence-corrected chi connectivity index (χ1v) is 4.93. The standard InChI is InChI=1S/C11H11NO2/c13-8-4-5-9-10(6-8)12-14-11(9)7-2-1-3-7/h4-7,13H,1-3H2. The fourth-order valence-electron chi connectivity index (χ4n) is 1.92. The Morgan fingerprint density at radius 2 is 2.21 bits per heavy atom. The summed E-state index contributed by atoms with van der Waals surface area (Å²) in [5, 5.41) is 14.3. The molecule has 0 saturated heterocycles. The molecule has 0 aliphatic heterocycles. The second-order valence-corrected chi connectivity index (χ2v) is 3.88. The molecule has 1 heterocycles. The summed E-state index contributed by atoms with van der Waals surface area (Å²) in [7, 11) is 0. The van der Waals surface area contributed by atoms with Gasteiger partial charge >= 0.3 is 0 Å². The number of hydrogen-bond acceptors (Lipinski definition) is 3. The van der Waals surface area contributed by atoms with Crippen molar-refractivity contribution in [2.45, 2.75) is 25.2 Å². The molecule has 3 rings (SSSR count). The summed E-state index contributed by atoms with van der Waals surface area (Å²) < 4.78 is 5.31. The summed E-state index contributed by atoms with van der Waals surface area (Å²) in [6, 6.07) is 5.21. The lowest BCUT2D eigenvalue weighted by Crippen LogP contribution is -2.07. The van der Waals surface area contributed by atoms with Gasteiger partial charge in [0.1, 0.15) is 17.0 Å². The Balaban J connectivity index is 2.16. The third kappa shape index (κ3) is 1.02. The molecule has 0 radical (unpaired) electrons. The van der Waals surface area contributed by atoms with Crippen molar-refractivity contribution in [2.24, 2.45) is 0 Å². The van der Waals surface area contributed by atoms with E-state index in [0.717, 1.165) is 16.7 Å². The number of phenols is 1. The van der Waals surface area contributed by atoms with Crippen molar-refractivity contribution in [1.82, 2.24) is 5.16 Å². The molecule has 3 nitrogen and oxygen atoms in total. The molecule has 3 heteroatoms. The number of aromatic nitrogens is 1. The molecule has 1 saturated carbocycles. The highest BCUT2D eigenvalue weighted by Gasteiger charge is 2.25. The fourth-order valence-corrected chi connectivity index (χ4v) is 1.92. The van der Waals surface area contributed by atoms with Gasteiger partial charge in [-0.1, -0.05) is 11.6 Å². The normalized spacial score (nSPS) is 17.1. The number of aromatic hydroxyl groups is 1. The number of phenolic OH excluding ortho intramolecular Hbond substituents is 1. The Morgan fingerprint density at radius 3 is 2.93 bits per heavy atom. The molecule has 1 N–H and O–H groups in total. The highest BCUT2D eigenvalue weighted by molar-refractivity contribution is 5.82. The Morgan fingerprint density at radius 1 is 1.36 bits per heavy atom. The maximum atomic E-state index is 9.27. The second kappa shape index (κ2) is 2.74. The molecule has 0 amide bonds. The molecular formula is C11H11NO2. The number of rotatable bonds is 1. The van der Waals surface area contributed by atoms with E-state index < -0.39 is 0 Å². The second-order valence-electron chi connectivity index (χ2n) is 3.88. The van der Waals surface area contributed by atoms with Crippen LogP contribution in [0, 0.1) is 0 Å². The van der Waals surface area contributed by atoms with Gasteiger partial charge in [-0.15, -0.1) is 0 Å². The summed E-state index contributed by atoms with van der Waals surface area (Å²) in [6.45, 7) is 0. The van der Waals surface area contributed by atoms with E-state index >= 15 is 0 Å². The van der Waals surface area contributed by atoms with E-state index in [-0.39, 0.29) is 5.75 Å². The smallest absolute Gasteiger partial charge is 0.147 e. The van der Waals surface area contributed by atoms with E-state index in [2.05, 4.69) is 5.16 Å². The van der Waals surface area contributed by atoms with Crippen LogP contribution in [0.25, 0.3) is 10.9 Å². The topological polar surface area (TPSA) is 46.3 Å². The Kier molecular flexibility index (Phi) is 1.54. The highest BCUT2D eigenvalue weighted by atomic mass is 16.5. The molecule has 1 aromatic heterocycles. The van der Waals surface area contributed by atoms with Gasteiger partial charge in [-0.05, 0) is 25.0 Å².